The SMILES string of the molecule is CC#CC(CC(=O)OC)c1ccc(OCC2=CCCC3(CCCCC3)C2)cc1. The van der Waals surface area contributed by atoms with E-state index >= 15 is 0 Å². The van der Waals surface area contributed by atoms with Gasteiger partial charge in [-0.25, -0.2) is 0 Å². The van der Waals surface area contributed by atoms with Crippen LogP contribution in [-0.2, 0) is 9.53 Å². The van der Waals surface area contributed by atoms with Gasteiger partial charge in [0.25, 0.3) is 0 Å². The van der Waals surface area contributed by atoms with Crippen molar-refractivity contribution in [3.8, 4) is 17.6 Å². The lowest BCUT2D eigenvalue weighted by Crippen LogP contribution is -2.28. The molecular weight excluding hydrogens is 348 g/mol. The van der Waals surface area contributed by atoms with Gasteiger partial charge < -0.3 is 9.47 Å². The summed E-state index contributed by atoms with van der Waals surface area (Å²) in [5.41, 5.74) is 3.03. The van der Waals surface area contributed by atoms with Gasteiger partial charge in [-0.2, -0.15) is 0 Å². The second kappa shape index (κ2) is 9.82. The van der Waals surface area contributed by atoms with Crippen LogP contribution in [0.4, 0.5) is 0 Å². The van der Waals surface area contributed by atoms with E-state index in [1.807, 2.05) is 24.3 Å². The maximum absolute atomic E-state index is 11.6. The van der Waals surface area contributed by atoms with Gasteiger partial charge in [0.2, 0.25) is 0 Å². The molecule has 0 N–H and O–H groups in total. The highest BCUT2D eigenvalue weighted by Gasteiger charge is 2.34. The first-order chi connectivity index (χ1) is 13.6. The first-order valence-electron chi connectivity index (χ1n) is 10.5. The van der Waals surface area contributed by atoms with Crippen LogP contribution >= 0.6 is 0 Å². The quantitative estimate of drug-likeness (QED) is 0.356. The molecule has 1 saturated carbocycles. The highest BCUT2D eigenvalue weighted by atomic mass is 16.5. The number of esters is 1. The summed E-state index contributed by atoms with van der Waals surface area (Å²) in [6, 6.07) is 7.98. The average Bonchev–Trinajstić information content (AvgIpc) is 2.73. The zero-order valence-corrected chi connectivity index (χ0v) is 17.3. The molecule has 150 valence electrons. The molecule has 1 aromatic rings. The summed E-state index contributed by atoms with van der Waals surface area (Å²) in [4.78, 5) is 11.6. The van der Waals surface area contributed by atoms with Crippen LogP contribution in [-0.4, -0.2) is 19.7 Å². The Morgan fingerprint density at radius 2 is 1.89 bits per heavy atom. The van der Waals surface area contributed by atoms with E-state index in [9.17, 15) is 4.79 Å². The van der Waals surface area contributed by atoms with Crippen LogP contribution in [0.2, 0.25) is 0 Å². The molecule has 0 amide bonds. The van der Waals surface area contributed by atoms with Gasteiger partial charge in [0, 0.05) is 0 Å². The monoisotopic (exact) mass is 380 g/mol. The predicted molar refractivity (Wildman–Crippen MR) is 112 cm³/mol. The number of hydrogen-bond donors (Lipinski definition) is 0. The fraction of sp³-hybridized carbons (Fsp3) is 0.560. The summed E-state index contributed by atoms with van der Waals surface area (Å²) in [5, 5.41) is 0. The maximum atomic E-state index is 11.6. The smallest absolute Gasteiger partial charge is 0.307 e. The van der Waals surface area contributed by atoms with Crippen molar-refractivity contribution in [2.24, 2.45) is 5.41 Å². The van der Waals surface area contributed by atoms with Gasteiger partial charge >= 0.3 is 5.97 Å². The number of ether oxygens (including phenoxy) is 2. The van der Waals surface area contributed by atoms with Crippen LogP contribution in [0.5, 0.6) is 5.75 Å². The third-order valence-corrected chi connectivity index (χ3v) is 6.25. The van der Waals surface area contributed by atoms with Gasteiger partial charge in [0.05, 0.1) is 19.4 Å². The Morgan fingerprint density at radius 1 is 1.14 bits per heavy atom. The van der Waals surface area contributed by atoms with Gasteiger partial charge in [-0.15, -0.1) is 5.92 Å². The largest absolute Gasteiger partial charge is 0.489 e. The minimum Gasteiger partial charge on any atom is -0.489 e. The van der Waals surface area contributed by atoms with Crippen molar-refractivity contribution in [3.05, 3.63) is 41.5 Å². The Hall–Kier alpha value is -2.21. The predicted octanol–water partition coefficient (Wildman–Crippen LogP) is 5.80. The van der Waals surface area contributed by atoms with Crippen molar-refractivity contribution < 1.29 is 14.3 Å². The lowest BCUT2D eigenvalue weighted by Gasteiger charge is -2.40. The average molecular weight is 381 g/mol. The zero-order chi connectivity index (χ0) is 19.8. The fourth-order valence-electron chi connectivity index (χ4n) is 4.71. The molecule has 3 heteroatoms. The molecule has 0 heterocycles. The van der Waals surface area contributed by atoms with Gasteiger partial charge in [-0.3, -0.25) is 4.79 Å². The second-order valence-electron chi connectivity index (χ2n) is 8.22. The number of hydrogen-bond acceptors (Lipinski definition) is 3. The molecule has 0 aliphatic heterocycles. The van der Waals surface area contributed by atoms with Crippen molar-refractivity contribution in [2.75, 3.05) is 13.7 Å². The van der Waals surface area contributed by atoms with E-state index < -0.39 is 0 Å². The van der Waals surface area contributed by atoms with Crippen molar-refractivity contribution in [3.63, 3.8) is 0 Å². The summed E-state index contributed by atoms with van der Waals surface area (Å²) in [6.07, 6.45) is 13.4. The fourth-order valence-corrected chi connectivity index (χ4v) is 4.71. The first-order valence-corrected chi connectivity index (χ1v) is 10.5. The molecule has 3 rings (SSSR count). The lowest BCUT2D eigenvalue weighted by molar-refractivity contribution is -0.140. The molecule has 2 aliphatic carbocycles. The molecule has 28 heavy (non-hydrogen) atoms. The molecule has 2 aliphatic rings. The Labute approximate surface area is 169 Å². The van der Waals surface area contributed by atoms with Crippen molar-refractivity contribution in [1.82, 2.24) is 0 Å². The summed E-state index contributed by atoms with van der Waals surface area (Å²) < 4.78 is 10.9. The second-order valence-corrected chi connectivity index (χ2v) is 8.22. The van der Waals surface area contributed by atoms with E-state index in [1.165, 1.54) is 64.0 Å². The lowest BCUT2D eigenvalue weighted by atomic mass is 9.65. The van der Waals surface area contributed by atoms with Gasteiger partial charge in [-0.1, -0.05) is 43.4 Å². The number of benzene rings is 1. The van der Waals surface area contributed by atoms with Crippen molar-refractivity contribution >= 4 is 5.97 Å². The topological polar surface area (TPSA) is 35.5 Å². The van der Waals surface area contributed by atoms with E-state index in [0.717, 1.165) is 11.3 Å². The van der Waals surface area contributed by atoms with Gasteiger partial charge in [0.15, 0.2) is 0 Å². The number of carbonyl (C=O) groups is 1. The summed E-state index contributed by atoms with van der Waals surface area (Å²) >= 11 is 0. The van der Waals surface area contributed by atoms with Crippen LogP contribution in [0.3, 0.4) is 0 Å². The zero-order valence-electron chi connectivity index (χ0n) is 17.3. The number of carbonyl (C=O) groups excluding carboxylic acids is 1. The van der Waals surface area contributed by atoms with Gasteiger partial charge in [0.1, 0.15) is 12.4 Å². The van der Waals surface area contributed by atoms with Crippen LogP contribution in [0.1, 0.15) is 76.2 Å². The number of allylic oxidation sites excluding steroid dienone is 1. The molecule has 1 fully saturated rings. The molecular formula is C25H32O3. The summed E-state index contributed by atoms with van der Waals surface area (Å²) in [5.74, 6) is 6.50. The van der Waals surface area contributed by atoms with Gasteiger partial charge in [-0.05, 0) is 67.7 Å². The third kappa shape index (κ3) is 5.41. The van der Waals surface area contributed by atoms with E-state index in [0.29, 0.717) is 12.0 Å². The summed E-state index contributed by atoms with van der Waals surface area (Å²) in [7, 11) is 1.41. The molecule has 1 spiro atoms. The Bertz CT molecular complexity index is 742. The summed E-state index contributed by atoms with van der Waals surface area (Å²) in [6.45, 7) is 2.47. The van der Waals surface area contributed by atoms with Crippen LogP contribution in [0, 0.1) is 17.3 Å². The standard InChI is InChI=1S/C25H32O3/c1-3-8-22(17-24(26)27-2)21-10-12-23(13-11-21)28-19-20-9-7-16-25(18-20)14-5-4-6-15-25/h9-13,22H,4-7,14-19H2,1-2H3. The van der Waals surface area contributed by atoms with E-state index in [2.05, 4.69) is 17.9 Å². The molecule has 0 radical (unpaired) electrons. The maximum Gasteiger partial charge on any atom is 0.307 e. The Balaban J connectivity index is 1.57. The molecule has 0 bridgehead atoms. The highest BCUT2D eigenvalue weighted by molar-refractivity contribution is 5.71. The Morgan fingerprint density at radius 3 is 2.57 bits per heavy atom. The van der Waals surface area contributed by atoms with Crippen molar-refractivity contribution in [2.45, 2.75) is 70.6 Å². The molecule has 1 aromatic carbocycles. The molecule has 1 unspecified atom stereocenters. The number of methoxy groups -OCH3 is 1. The minimum atomic E-state index is -0.242. The first kappa shape index (κ1) is 20.5. The molecule has 3 nitrogen and oxygen atoms in total. The van der Waals surface area contributed by atoms with Crippen LogP contribution in [0.25, 0.3) is 0 Å². The molecule has 0 aromatic heterocycles. The Kier molecular flexibility index (Phi) is 7.20. The third-order valence-electron chi connectivity index (χ3n) is 6.25. The van der Waals surface area contributed by atoms with Crippen LogP contribution in [0.15, 0.2) is 35.9 Å². The van der Waals surface area contributed by atoms with E-state index in [-0.39, 0.29) is 18.3 Å². The molecule has 1 atom stereocenters. The van der Waals surface area contributed by atoms with Crippen molar-refractivity contribution in [1.29, 1.82) is 0 Å². The molecule has 0 saturated heterocycles. The van der Waals surface area contributed by atoms with Crippen LogP contribution < -0.4 is 4.74 Å². The van der Waals surface area contributed by atoms with E-state index in [1.54, 1.807) is 6.92 Å². The van der Waals surface area contributed by atoms with E-state index in [4.69, 9.17) is 9.47 Å². The normalized spacial score (nSPS) is 19.1. The highest BCUT2D eigenvalue weighted by Crippen LogP contribution is 2.47. The minimum absolute atomic E-state index is 0.140. The number of rotatable bonds is 6.